The largest absolute Gasteiger partial charge is 0.420 e. The van der Waals surface area contributed by atoms with E-state index in [1.165, 1.54) is 12.2 Å². The Morgan fingerprint density at radius 3 is 1.78 bits per heavy atom. The molecule has 1 rings (SSSR count). The maximum absolute atomic E-state index is 12.4. The van der Waals surface area contributed by atoms with Crippen molar-refractivity contribution in [3.05, 3.63) is 56.8 Å². The van der Waals surface area contributed by atoms with Gasteiger partial charge in [-0.1, -0.05) is 12.2 Å². The Labute approximate surface area is 136 Å². The van der Waals surface area contributed by atoms with Crippen LogP contribution in [0.25, 0.3) is 0 Å². The molecule has 1 heterocycles. The van der Waals surface area contributed by atoms with Crippen molar-refractivity contribution in [1.29, 1.82) is 0 Å². The summed E-state index contributed by atoms with van der Waals surface area (Å²) in [6, 6.07) is 0.817. The van der Waals surface area contributed by atoms with Gasteiger partial charge in [-0.25, -0.2) is 28.1 Å². The molecule has 0 aromatic carbocycles. The van der Waals surface area contributed by atoms with Gasteiger partial charge in [0.15, 0.2) is 8.32 Å². The summed E-state index contributed by atoms with van der Waals surface area (Å²) < 4.78 is 8.59. The van der Waals surface area contributed by atoms with Crippen molar-refractivity contribution >= 4 is 8.32 Å². The van der Waals surface area contributed by atoms with E-state index in [2.05, 4.69) is 26.3 Å². The van der Waals surface area contributed by atoms with Crippen molar-refractivity contribution < 1.29 is 4.43 Å². The van der Waals surface area contributed by atoms with E-state index in [1.807, 2.05) is 0 Å². The van der Waals surface area contributed by atoms with E-state index in [1.54, 1.807) is 7.11 Å². The quantitative estimate of drug-likeness (QED) is 0.492. The molecule has 0 saturated heterocycles. The van der Waals surface area contributed by atoms with Crippen LogP contribution in [0.4, 0.5) is 0 Å². The molecule has 1 aromatic heterocycles. The van der Waals surface area contributed by atoms with Gasteiger partial charge in [-0.15, -0.1) is 13.2 Å². The average molecular weight is 339 g/mol. The lowest BCUT2D eigenvalue weighted by Crippen LogP contribution is -2.54. The number of hydrogen-bond donors (Lipinski definition) is 0. The van der Waals surface area contributed by atoms with Crippen molar-refractivity contribution in [1.82, 2.24) is 13.7 Å². The van der Waals surface area contributed by atoms with Crippen LogP contribution in [0.15, 0.2) is 39.7 Å². The number of allylic oxidation sites excluding steroid dienone is 2. The van der Waals surface area contributed by atoms with Gasteiger partial charge >= 0.3 is 17.1 Å². The summed E-state index contributed by atoms with van der Waals surface area (Å²) in [6.07, 6.45) is 3.55. The Hall–Kier alpha value is -1.93. The smallest absolute Gasteiger partial charge is 0.336 e. The minimum atomic E-state index is -1.76. The molecule has 23 heavy (non-hydrogen) atoms. The lowest BCUT2D eigenvalue weighted by Gasteiger charge is -2.20. The van der Waals surface area contributed by atoms with Crippen molar-refractivity contribution in [3.63, 3.8) is 0 Å². The fourth-order valence-electron chi connectivity index (χ4n) is 2.21. The van der Waals surface area contributed by atoms with E-state index in [-0.39, 0.29) is 19.6 Å². The Balaban J connectivity index is 3.28. The first-order valence-electron chi connectivity index (χ1n) is 7.50. The van der Waals surface area contributed by atoms with E-state index in [9.17, 15) is 14.4 Å². The number of aromatic nitrogens is 3. The van der Waals surface area contributed by atoms with Crippen LogP contribution in [0.1, 0.15) is 6.42 Å². The third-order valence-electron chi connectivity index (χ3n) is 3.72. The number of rotatable bonds is 9. The molecule has 0 saturated carbocycles. The number of nitrogens with zero attached hydrogens (tertiary/aromatic N) is 3. The molecule has 0 radical (unpaired) electrons. The zero-order valence-electron chi connectivity index (χ0n) is 14.1. The number of hydrogen-bond acceptors (Lipinski definition) is 4. The fourth-order valence-corrected chi connectivity index (χ4v) is 3.42. The fraction of sp³-hybridized carbons (Fsp3) is 0.533. The van der Waals surface area contributed by atoms with Crippen LogP contribution in [0, 0.1) is 0 Å². The van der Waals surface area contributed by atoms with Crippen molar-refractivity contribution in [2.24, 2.45) is 0 Å². The van der Waals surface area contributed by atoms with Crippen LogP contribution in [0.5, 0.6) is 0 Å². The zero-order chi connectivity index (χ0) is 17.6. The molecule has 0 aliphatic rings. The highest BCUT2D eigenvalue weighted by Gasteiger charge is 2.21. The summed E-state index contributed by atoms with van der Waals surface area (Å²) in [5, 5.41) is 0. The lowest BCUT2D eigenvalue weighted by atomic mass is 10.4. The summed E-state index contributed by atoms with van der Waals surface area (Å²) in [7, 11) is -0.0792. The van der Waals surface area contributed by atoms with Crippen molar-refractivity contribution in [2.45, 2.75) is 45.2 Å². The minimum absolute atomic E-state index is 0.0629. The van der Waals surface area contributed by atoms with Gasteiger partial charge in [0.2, 0.25) is 0 Å². The van der Waals surface area contributed by atoms with Crippen LogP contribution in [0.2, 0.25) is 19.1 Å². The van der Waals surface area contributed by atoms with Crippen LogP contribution in [0.3, 0.4) is 0 Å². The third-order valence-corrected chi connectivity index (χ3v) is 6.38. The topological polar surface area (TPSA) is 75.2 Å². The Morgan fingerprint density at radius 2 is 1.39 bits per heavy atom. The molecule has 0 N–H and O–H groups in total. The summed E-state index contributed by atoms with van der Waals surface area (Å²) in [5.41, 5.74) is -1.84. The van der Waals surface area contributed by atoms with Gasteiger partial charge in [0, 0.05) is 13.7 Å². The monoisotopic (exact) mass is 339 g/mol. The first-order valence-corrected chi connectivity index (χ1v) is 10.6. The summed E-state index contributed by atoms with van der Waals surface area (Å²) >= 11 is 0. The lowest BCUT2D eigenvalue weighted by molar-refractivity contribution is 0.398. The second-order valence-electron chi connectivity index (χ2n) is 5.87. The van der Waals surface area contributed by atoms with E-state index >= 15 is 0 Å². The SMILES string of the molecule is C=CCn1c(=O)n(CC=C)c(=O)n(CCC[Si](C)(C)OC)c1=O. The van der Waals surface area contributed by atoms with Gasteiger partial charge in [0.25, 0.3) is 0 Å². The maximum atomic E-state index is 12.4. The minimum Gasteiger partial charge on any atom is -0.420 e. The summed E-state index contributed by atoms with van der Waals surface area (Å²) in [5.74, 6) is 0. The van der Waals surface area contributed by atoms with Gasteiger partial charge in [-0.3, -0.25) is 0 Å². The first-order chi connectivity index (χ1) is 10.8. The molecule has 128 valence electrons. The second-order valence-corrected chi connectivity index (χ2v) is 10.3. The second kappa shape index (κ2) is 8.07. The molecular formula is C15H25N3O4Si. The molecule has 0 fully saturated rings. The molecule has 0 atom stereocenters. The molecule has 0 aliphatic carbocycles. The molecule has 1 aromatic rings. The maximum Gasteiger partial charge on any atom is 0.336 e. The highest BCUT2D eigenvalue weighted by molar-refractivity contribution is 6.71. The average Bonchev–Trinajstić information content (AvgIpc) is 2.51. The Kier molecular flexibility index (Phi) is 6.71. The van der Waals surface area contributed by atoms with Gasteiger partial charge in [0.1, 0.15) is 0 Å². The van der Waals surface area contributed by atoms with Gasteiger partial charge < -0.3 is 4.43 Å². The van der Waals surface area contributed by atoms with Crippen molar-refractivity contribution in [2.75, 3.05) is 7.11 Å². The molecule has 0 amide bonds. The molecule has 0 bridgehead atoms. The highest BCUT2D eigenvalue weighted by Crippen LogP contribution is 2.12. The molecule has 0 unspecified atom stereocenters. The van der Waals surface area contributed by atoms with Crippen LogP contribution in [-0.4, -0.2) is 29.1 Å². The third kappa shape index (κ3) is 4.52. The van der Waals surface area contributed by atoms with Crippen LogP contribution < -0.4 is 17.1 Å². The van der Waals surface area contributed by atoms with E-state index in [0.29, 0.717) is 6.42 Å². The Bertz CT molecular complexity index is 694. The van der Waals surface area contributed by atoms with Crippen LogP contribution >= 0.6 is 0 Å². The molecule has 7 nitrogen and oxygen atoms in total. The Morgan fingerprint density at radius 1 is 0.957 bits per heavy atom. The molecule has 0 spiro atoms. The first kappa shape index (κ1) is 19.1. The van der Waals surface area contributed by atoms with E-state index in [4.69, 9.17) is 4.43 Å². The highest BCUT2D eigenvalue weighted by atomic mass is 28.4. The predicted octanol–water partition coefficient (Wildman–Crippen LogP) is 0.785. The zero-order valence-corrected chi connectivity index (χ0v) is 15.1. The molecule has 0 aliphatic heterocycles. The van der Waals surface area contributed by atoms with E-state index in [0.717, 1.165) is 19.7 Å². The molecule has 8 heteroatoms. The molecular weight excluding hydrogens is 314 g/mol. The predicted molar refractivity (Wildman–Crippen MR) is 93.5 cm³/mol. The normalized spacial score (nSPS) is 11.4. The van der Waals surface area contributed by atoms with Gasteiger partial charge in [-0.05, 0) is 25.6 Å². The van der Waals surface area contributed by atoms with Crippen LogP contribution in [-0.2, 0) is 24.1 Å². The van der Waals surface area contributed by atoms with Crippen molar-refractivity contribution in [3.8, 4) is 0 Å². The van der Waals surface area contributed by atoms with Gasteiger partial charge in [-0.2, -0.15) is 0 Å². The standard InChI is InChI=1S/C15H25N3O4Si/c1-6-9-16-13(19)17(10-7-2)15(21)18(14(16)20)11-8-12-23(4,5)22-3/h6-7H,1-2,8-12H2,3-5H3. The van der Waals surface area contributed by atoms with E-state index < -0.39 is 25.4 Å². The summed E-state index contributed by atoms with van der Waals surface area (Å²) in [4.78, 5) is 37.0. The van der Waals surface area contributed by atoms with Gasteiger partial charge in [0.05, 0.1) is 13.1 Å². The summed E-state index contributed by atoms with van der Waals surface area (Å²) in [6.45, 7) is 11.6.